The molecule has 19 heavy (non-hydrogen) atoms. The minimum absolute atomic E-state index is 0.162. The minimum atomic E-state index is 0.162. The maximum absolute atomic E-state index is 6.44. The summed E-state index contributed by atoms with van der Waals surface area (Å²) in [6.45, 7) is 5.45. The molecule has 0 aliphatic heterocycles. The summed E-state index contributed by atoms with van der Waals surface area (Å²) in [4.78, 5) is 0. The van der Waals surface area contributed by atoms with Gasteiger partial charge >= 0.3 is 0 Å². The van der Waals surface area contributed by atoms with Crippen LogP contribution in [0.5, 0.6) is 0 Å². The Morgan fingerprint density at radius 1 is 1.05 bits per heavy atom. The zero-order valence-corrected chi connectivity index (χ0v) is 12.9. The van der Waals surface area contributed by atoms with Gasteiger partial charge in [0.25, 0.3) is 0 Å². The van der Waals surface area contributed by atoms with Crippen molar-refractivity contribution >= 4 is 0 Å². The van der Waals surface area contributed by atoms with Gasteiger partial charge in [0.15, 0.2) is 0 Å². The highest BCUT2D eigenvalue weighted by Gasteiger charge is 2.31. The van der Waals surface area contributed by atoms with E-state index >= 15 is 0 Å². The van der Waals surface area contributed by atoms with E-state index in [1.54, 1.807) is 0 Å². The van der Waals surface area contributed by atoms with E-state index in [1.165, 1.54) is 70.6 Å². The zero-order chi connectivity index (χ0) is 13.4. The minimum Gasteiger partial charge on any atom is -0.374 e. The maximum Gasteiger partial charge on any atom is 0.0806 e. The lowest BCUT2D eigenvalue weighted by Gasteiger charge is -2.35. The van der Waals surface area contributed by atoms with Gasteiger partial charge in [0, 0.05) is 13.2 Å². The van der Waals surface area contributed by atoms with Crippen molar-refractivity contribution in [3.05, 3.63) is 0 Å². The third-order valence-electron chi connectivity index (χ3n) is 5.05. The van der Waals surface area contributed by atoms with Crippen molar-refractivity contribution in [2.24, 2.45) is 5.92 Å². The van der Waals surface area contributed by atoms with Crippen LogP contribution in [-0.4, -0.2) is 25.3 Å². The van der Waals surface area contributed by atoms with Gasteiger partial charge < -0.3 is 10.1 Å². The molecule has 2 aliphatic rings. The number of rotatable bonds is 8. The molecule has 0 unspecified atom stereocenters. The number of hydrogen-bond donors (Lipinski definition) is 1. The van der Waals surface area contributed by atoms with E-state index in [9.17, 15) is 0 Å². The van der Waals surface area contributed by atoms with Crippen molar-refractivity contribution in [1.29, 1.82) is 0 Å². The van der Waals surface area contributed by atoms with Crippen LogP contribution in [0, 0.1) is 5.92 Å². The molecule has 2 aliphatic carbocycles. The predicted octanol–water partition coefficient (Wildman–Crippen LogP) is 4.29. The molecule has 0 spiro atoms. The van der Waals surface area contributed by atoms with Gasteiger partial charge in [-0.1, -0.05) is 51.9 Å². The van der Waals surface area contributed by atoms with Gasteiger partial charge in [0.1, 0.15) is 0 Å². The smallest absolute Gasteiger partial charge is 0.0806 e. The van der Waals surface area contributed by atoms with Crippen molar-refractivity contribution < 1.29 is 4.74 Å². The molecule has 2 heteroatoms. The normalized spacial score (nSPS) is 23.8. The molecule has 0 heterocycles. The monoisotopic (exact) mass is 267 g/mol. The van der Waals surface area contributed by atoms with Crippen molar-refractivity contribution in [2.75, 3.05) is 19.7 Å². The van der Waals surface area contributed by atoms with E-state index < -0.39 is 0 Å². The van der Waals surface area contributed by atoms with Crippen LogP contribution in [-0.2, 0) is 4.74 Å². The topological polar surface area (TPSA) is 21.3 Å². The molecule has 0 radical (unpaired) electrons. The van der Waals surface area contributed by atoms with Crippen LogP contribution in [0.2, 0.25) is 0 Å². The third kappa shape index (κ3) is 5.07. The highest BCUT2D eigenvalue weighted by molar-refractivity contribution is 4.86. The number of ether oxygens (including phenoxy) is 1. The van der Waals surface area contributed by atoms with Crippen LogP contribution in [0.15, 0.2) is 0 Å². The Morgan fingerprint density at radius 3 is 2.37 bits per heavy atom. The first kappa shape index (κ1) is 15.3. The molecule has 2 nitrogen and oxygen atoms in total. The van der Waals surface area contributed by atoms with Gasteiger partial charge in [-0.15, -0.1) is 0 Å². The summed E-state index contributed by atoms with van der Waals surface area (Å²) in [7, 11) is 0. The van der Waals surface area contributed by atoms with Gasteiger partial charge in [-0.05, 0) is 38.1 Å². The van der Waals surface area contributed by atoms with Gasteiger partial charge in [0.2, 0.25) is 0 Å². The Morgan fingerprint density at radius 2 is 1.79 bits per heavy atom. The Hall–Kier alpha value is -0.0800. The van der Waals surface area contributed by atoms with Crippen molar-refractivity contribution in [2.45, 2.75) is 83.2 Å². The summed E-state index contributed by atoms with van der Waals surface area (Å²) in [5, 5.41) is 3.61. The largest absolute Gasteiger partial charge is 0.374 e. The second-order valence-corrected chi connectivity index (χ2v) is 6.71. The summed E-state index contributed by atoms with van der Waals surface area (Å²) in [5.74, 6) is 0.978. The van der Waals surface area contributed by atoms with E-state index in [1.807, 2.05) is 0 Å². The molecule has 0 bridgehead atoms. The standard InChI is InChI=1S/C17H33NO/c1-2-13-18-15-17(11-5-3-4-6-12-17)19-14-10-16-8-7-9-16/h16,18H,2-15H2,1H3. The van der Waals surface area contributed by atoms with Crippen LogP contribution < -0.4 is 5.32 Å². The van der Waals surface area contributed by atoms with Crippen molar-refractivity contribution in [3.63, 3.8) is 0 Å². The second kappa shape index (κ2) is 8.26. The molecule has 2 saturated carbocycles. The summed E-state index contributed by atoms with van der Waals surface area (Å²) < 4.78 is 6.44. The molecule has 2 fully saturated rings. The van der Waals surface area contributed by atoms with E-state index in [4.69, 9.17) is 4.74 Å². The second-order valence-electron chi connectivity index (χ2n) is 6.71. The molecule has 0 atom stereocenters. The predicted molar refractivity (Wildman–Crippen MR) is 81.5 cm³/mol. The van der Waals surface area contributed by atoms with Crippen molar-refractivity contribution in [1.82, 2.24) is 5.32 Å². The molecule has 1 N–H and O–H groups in total. The number of nitrogens with one attached hydrogen (secondary N) is 1. The van der Waals surface area contributed by atoms with Crippen LogP contribution in [0.4, 0.5) is 0 Å². The zero-order valence-electron chi connectivity index (χ0n) is 12.9. The molecule has 0 aromatic rings. The lowest BCUT2D eigenvalue weighted by Crippen LogP contribution is -2.43. The molecular weight excluding hydrogens is 234 g/mol. The molecule has 0 aromatic heterocycles. The fourth-order valence-corrected chi connectivity index (χ4v) is 3.46. The number of hydrogen-bond acceptors (Lipinski definition) is 2. The van der Waals surface area contributed by atoms with Crippen molar-refractivity contribution in [3.8, 4) is 0 Å². The summed E-state index contributed by atoms with van der Waals surface area (Å²) in [5.41, 5.74) is 0.162. The average molecular weight is 267 g/mol. The first-order valence-corrected chi connectivity index (χ1v) is 8.69. The third-order valence-corrected chi connectivity index (χ3v) is 5.05. The van der Waals surface area contributed by atoms with Gasteiger partial charge in [0.05, 0.1) is 5.60 Å². The van der Waals surface area contributed by atoms with E-state index in [2.05, 4.69) is 12.2 Å². The highest BCUT2D eigenvalue weighted by atomic mass is 16.5. The lowest BCUT2D eigenvalue weighted by atomic mass is 9.83. The fourth-order valence-electron chi connectivity index (χ4n) is 3.46. The van der Waals surface area contributed by atoms with Crippen LogP contribution in [0.3, 0.4) is 0 Å². The Bertz CT molecular complexity index is 229. The molecular formula is C17H33NO. The SMILES string of the molecule is CCCNCC1(OCCC2CCC2)CCCCCC1. The van der Waals surface area contributed by atoms with Crippen LogP contribution in [0.1, 0.15) is 77.6 Å². The fraction of sp³-hybridized carbons (Fsp3) is 1.00. The molecule has 0 saturated heterocycles. The molecule has 112 valence electrons. The Labute approximate surface area is 119 Å². The summed E-state index contributed by atoms with van der Waals surface area (Å²) in [6.07, 6.45) is 14.9. The molecule has 0 amide bonds. The summed E-state index contributed by atoms with van der Waals surface area (Å²) >= 11 is 0. The average Bonchev–Trinajstić information content (AvgIpc) is 2.59. The van der Waals surface area contributed by atoms with Gasteiger partial charge in [-0.2, -0.15) is 0 Å². The van der Waals surface area contributed by atoms with E-state index in [0.29, 0.717) is 0 Å². The van der Waals surface area contributed by atoms with Crippen LogP contribution in [0.25, 0.3) is 0 Å². The van der Waals surface area contributed by atoms with Gasteiger partial charge in [-0.3, -0.25) is 0 Å². The Balaban J connectivity index is 1.76. The quantitative estimate of drug-likeness (QED) is 0.523. The first-order valence-electron chi connectivity index (χ1n) is 8.69. The van der Waals surface area contributed by atoms with E-state index in [0.717, 1.165) is 25.6 Å². The van der Waals surface area contributed by atoms with Crippen LogP contribution >= 0.6 is 0 Å². The Kier molecular flexibility index (Phi) is 6.66. The highest BCUT2D eigenvalue weighted by Crippen LogP contribution is 2.33. The lowest BCUT2D eigenvalue weighted by molar-refractivity contribution is -0.0618. The molecule has 2 rings (SSSR count). The maximum atomic E-state index is 6.44. The summed E-state index contributed by atoms with van der Waals surface area (Å²) in [6, 6.07) is 0. The van der Waals surface area contributed by atoms with E-state index in [-0.39, 0.29) is 5.60 Å². The molecule has 0 aromatic carbocycles. The first-order chi connectivity index (χ1) is 9.35. The van der Waals surface area contributed by atoms with Gasteiger partial charge in [-0.25, -0.2) is 0 Å².